The van der Waals surface area contributed by atoms with Crippen molar-refractivity contribution in [2.75, 3.05) is 31.5 Å². The van der Waals surface area contributed by atoms with Gasteiger partial charge in [-0.3, -0.25) is 4.79 Å². The largest absolute Gasteiger partial charge is 0.354 e. The molecule has 1 aliphatic heterocycles. The van der Waals surface area contributed by atoms with Crippen molar-refractivity contribution in [3.05, 3.63) is 30.0 Å². The Morgan fingerprint density at radius 1 is 1.74 bits per heavy atom. The Morgan fingerprint density at radius 3 is 3.39 bits per heavy atom. The van der Waals surface area contributed by atoms with Crippen LogP contribution in [0, 0.1) is 12.5 Å². The molecule has 1 N–H and O–H groups in total. The number of rotatable bonds is 3. The number of fused-ring (bicyclic) bond motifs is 1. The van der Waals surface area contributed by atoms with Crippen LogP contribution < -0.4 is 4.90 Å². The van der Waals surface area contributed by atoms with Crippen LogP contribution in [-0.4, -0.2) is 58.4 Å². The highest BCUT2D eigenvalue weighted by Gasteiger charge is 2.33. The van der Waals surface area contributed by atoms with Crippen LogP contribution >= 0.6 is 0 Å². The molecule has 7 heteroatoms. The second-order valence-electron chi connectivity index (χ2n) is 4.78. The van der Waals surface area contributed by atoms with Crippen molar-refractivity contribution < 1.29 is 18.5 Å². The standard InChI is InChI=1S/C16H20N6O/c1-11-5-7-22(14(23)8-17-2)9-13(11)21(3)16-12-4-6-18-15(12)19-10-20-16/h4,6,10-11,13H,5,7-9H2,1,3H3,(H,18,19,20)/t11-,13+/m1/s1/i1D3,5D2,7D2,9D2,11D. The van der Waals surface area contributed by atoms with Crippen LogP contribution in [0.5, 0.6) is 0 Å². The summed E-state index contributed by atoms with van der Waals surface area (Å²) in [5, 5.41) is 0.303. The molecule has 23 heavy (non-hydrogen) atoms. The maximum Gasteiger partial charge on any atom is 0.302 e. The monoisotopic (exact) mass is 322 g/mol. The van der Waals surface area contributed by atoms with Gasteiger partial charge in [0.25, 0.3) is 6.54 Å². The molecule has 0 aliphatic carbocycles. The highest BCUT2D eigenvalue weighted by Crippen LogP contribution is 2.28. The fraction of sp³-hybridized carbons (Fsp3) is 0.500. The first kappa shape index (κ1) is 7.30. The van der Waals surface area contributed by atoms with Gasteiger partial charge in [0.05, 0.1) is 14.2 Å². The van der Waals surface area contributed by atoms with E-state index in [1.54, 1.807) is 0 Å². The number of carbonyl (C=O) groups excluding carboxylic acids is 1. The molecule has 1 amide bonds. The first-order chi connectivity index (χ1) is 15.0. The van der Waals surface area contributed by atoms with Crippen molar-refractivity contribution in [2.24, 2.45) is 5.89 Å². The Balaban J connectivity index is 2.37. The number of hydrogen-bond acceptors (Lipinski definition) is 4. The Morgan fingerprint density at radius 2 is 2.61 bits per heavy atom. The number of piperidine rings is 1. The third-order valence-corrected chi connectivity index (χ3v) is 3.35. The number of likely N-dealkylation sites (N-methyl/N-ethyl adjacent to an activating group) is 1. The molecule has 0 spiro atoms. The van der Waals surface area contributed by atoms with Gasteiger partial charge in [0, 0.05) is 37.2 Å². The summed E-state index contributed by atoms with van der Waals surface area (Å²) in [6.07, 6.45) is -1.02. The van der Waals surface area contributed by atoms with E-state index in [0.29, 0.717) is 11.0 Å². The Hall–Kier alpha value is -2.62. The first-order valence-corrected chi connectivity index (χ1v) is 6.65. The zero-order valence-electron chi connectivity index (χ0n) is 22.2. The molecule has 2 atom stereocenters. The maximum absolute atomic E-state index is 12.7. The lowest BCUT2D eigenvalue weighted by Gasteiger charge is -2.41. The van der Waals surface area contributed by atoms with Crippen LogP contribution in [-0.2, 0) is 4.79 Å². The molecule has 3 heterocycles. The lowest BCUT2D eigenvalue weighted by atomic mass is 9.92. The van der Waals surface area contributed by atoms with E-state index >= 15 is 0 Å². The molecule has 1 saturated heterocycles. The highest BCUT2D eigenvalue weighted by molar-refractivity contribution is 5.87. The number of H-pyrrole nitrogens is 1. The normalized spacial score (nSPS) is 37.9. The number of likely N-dealkylation sites (tertiary alicyclic amines) is 1. The predicted octanol–water partition coefficient (Wildman–Crippen LogP) is 1.55. The molecular formula is C16H20N6O. The molecule has 0 unspecified atom stereocenters. The van der Waals surface area contributed by atoms with Gasteiger partial charge in [-0.1, -0.05) is 6.85 Å². The zero-order valence-corrected chi connectivity index (χ0v) is 12.2. The van der Waals surface area contributed by atoms with E-state index in [2.05, 4.69) is 19.8 Å². The summed E-state index contributed by atoms with van der Waals surface area (Å²) in [6, 6.07) is -0.768. The van der Waals surface area contributed by atoms with Gasteiger partial charge in [0.1, 0.15) is 17.8 Å². The second kappa shape index (κ2) is 6.24. The average Bonchev–Trinajstić information content (AvgIpc) is 3.14. The second-order valence-corrected chi connectivity index (χ2v) is 4.78. The minimum Gasteiger partial charge on any atom is -0.354 e. The summed E-state index contributed by atoms with van der Waals surface area (Å²) in [5.41, 5.74) is 0.298. The van der Waals surface area contributed by atoms with Crippen LogP contribution in [0.3, 0.4) is 0 Å². The number of aromatic nitrogens is 3. The van der Waals surface area contributed by atoms with Gasteiger partial charge in [-0.2, -0.15) is 0 Å². The van der Waals surface area contributed by atoms with Gasteiger partial charge in [-0.25, -0.2) is 16.5 Å². The van der Waals surface area contributed by atoms with Gasteiger partial charge in [0.2, 0.25) is 0 Å². The number of nitrogens with zero attached hydrogens (tertiary/aromatic N) is 5. The SMILES string of the molecule is [2H]C1([2H])[C@H](N(C)c2ncnc3[nH]ccc23)[C@]([2H])(C([2H])([2H])[2H])C([2H])([2H])C([2H])([2H])N1C(=O)C[N+]#[C-]. The van der Waals surface area contributed by atoms with Crippen LogP contribution in [0.25, 0.3) is 15.9 Å². The zero-order chi connectivity index (χ0) is 25.2. The number of hydrogen-bond donors (Lipinski definition) is 1. The number of aromatic amines is 1. The molecule has 0 aromatic carbocycles. The fourth-order valence-electron chi connectivity index (χ4n) is 2.22. The van der Waals surface area contributed by atoms with Crippen LogP contribution in [0.15, 0.2) is 18.6 Å². The van der Waals surface area contributed by atoms with Crippen molar-refractivity contribution in [3.63, 3.8) is 0 Å². The molecule has 7 nitrogen and oxygen atoms in total. The number of amides is 1. The lowest BCUT2D eigenvalue weighted by Crippen LogP contribution is -2.53. The molecule has 120 valence electrons. The lowest BCUT2D eigenvalue weighted by molar-refractivity contribution is -0.130. The van der Waals surface area contributed by atoms with E-state index in [4.69, 9.17) is 20.3 Å². The third-order valence-electron chi connectivity index (χ3n) is 3.35. The van der Waals surface area contributed by atoms with E-state index in [1.165, 1.54) is 19.3 Å². The Kier molecular flexibility index (Phi) is 1.98. The molecule has 2 aromatic heterocycles. The molecule has 1 fully saturated rings. The summed E-state index contributed by atoms with van der Waals surface area (Å²) in [4.78, 5) is 27.2. The summed E-state index contributed by atoms with van der Waals surface area (Å²) in [6.45, 7) is -4.47. The number of anilines is 1. The summed E-state index contributed by atoms with van der Waals surface area (Å²) < 4.78 is 83.4. The molecule has 0 saturated carbocycles. The molecule has 2 aromatic rings. The van der Waals surface area contributed by atoms with E-state index in [9.17, 15) is 4.79 Å². The minimum atomic E-state index is -3.61. The maximum atomic E-state index is 12.7. The van der Waals surface area contributed by atoms with Gasteiger partial charge in [0.15, 0.2) is 0 Å². The molecule has 0 bridgehead atoms. The predicted molar refractivity (Wildman–Crippen MR) is 87.9 cm³/mol. The third kappa shape index (κ3) is 2.84. The van der Waals surface area contributed by atoms with E-state index in [0.717, 1.165) is 11.2 Å². The summed E-state index contributed by atoms with van der Waals surface area (Å²) in [7, 11) is 1.18. The van der Waals surface area contributed by atoms with Crippen molar-refractivity contribution in [1.82, 2.24) is 19.9 Å². The van der Waals surface area contributed by atoms with Crippen molar-refractivity contribution in [2.45, 2.75) is 19.3 Å². The van der Waals surface area contributed by atoms with Gasteiger partial charge in [-0.15, -0.1) is 0 Å². The smallest absolute Gasteiger partial charge is 0.302 e. The van der Waals surface area contributed by atoms with Crippen molar-refractivity contribution in [3.8, 4) is 0 Å². The summed E-state index contributed by atoms with van der Waals surface area (Å²) in [5.74, 6) is -4.87. The van der Waals surface area contributed by atoms with E-state index in [-0.39, 0.29) is 10.7 Å². The Labute approximate surface area is 149 Å². The fourth-order valence-corrected chi connectivity index (χ4v) is 2.22. The molecule has 1 aliphatic rings. The van der Waals surface area contributed by atoms with Gasteiger partial charge in [-0.05, 0) is 18.3 Å². The number of nitrogens with one attached hydrogen (secondary N) is 1. The van der Waals surface area contributed by atoms with Gasteiger partial charge >= 0.3 is 5.91 Å². The highest BCUT2D eigenvalue weighted by atomic mass is 16.2. The van der Waals surface area contributed by atoms with Crippen molar-refractivity contribution >= 4 is 22.8 Å². The Bertz CT molecular complexity index is 1120. The van der Waals surface area contributed by atoms with E-state index < -0.39 is 50.6 Å². The van der Waals surface area contributed by atoms with E-state index in [1.807, 2.05) is 0 Å². The average molecular weight is 322 g/mol. The van der Waals surface area contributed by atoms with Gasteiger partial charge < -0.3 is 19.6 Å². The summed E-state index contributed by atoms with van der Waals surface area (Å²) >= 11 is 0. The number of carbonyl (C=O) groups is 1. The molecule has 3 rings (SSSR count). The van der Waals surface area contributed by atoms with Crippen molar-refractivity contribution in [1.29, 1.82) is 0 Å². The molecular weight excluding hydrogens is 292 g/mol. The topological polar surface area (TPSA) is 69.5 Å². The first-order valence-electron chi connectivity index (χ1n) is 11.6. The van der Waals surface area contributed by atoms with Crippen LogP contribution in [0.4, 0.5) is 5.82 Å². The minimum absolute atomic E-state index is 0.0631. The van der Waals surface area contributed by atoms with Crippen LogP contribution in [0.1, 0.15) is 26.9 Å². The quantitative estimate of drug-likeness (QED) is 0.871. The van der Waals surface area contributed by atoms with Crippen LogP contribution in [0.2, 0.25) is 0 Å². The molecule has 0 radical (unpaired) electrons.